The van der Waals surface area contributed by atoms with Gasteiger partial charge in [-0.3, -0.25) is 9.59 Å². The van der Waals surface area contributed by atoms with Gasteiger partial charge in [0.05, 0.1) is 11.6 Å². The predicted octanol–water partition coefficient (Wildman–Crippen LogP) is 3.34. The Morgan fingerprint density at radius 2 is 1.65 bits per heavy atom. The molecule has 4 nitrogen and oxygen atoms in total. The first-order chi connectivity index (χ1) is 11.0. The third-order valence-corrected chi connectivity index (χ3v) is 4.63. The molecule has 116 valence electrons. The number of hydrogen-bond donors (Lipinski definition) is 1. The minimum Gasteiger partial charge on any atom is -0.507 e. The molecule has 1 heterocycles. The molecule has 0 aliphatic carbocycles. The van der Waals surface area contributed by atoms with E-state index in [-0.39, 0.29) is 11.3 Å². The highest BCUT2D eigenvalue weighted by molar-refractivity contribution is 14.1. The Labute approximate surface area is 147 Å². The van der Waals surface area contributed by atoms with E-state index in [1.165, 1.54) is 4.90 Å². The van der Waals surface area contributed by atoms with Crippen LogP contribution in [0.15, 0.2) is 60.2 Å². The fourth-order valence-corrected chi connectivity index (χ4v) is 3.09. The second-order valence-corrected chi connectivity index (χ2v) is 6.57. The van der Waals surface area contributed by atoms with Gasteiger partial charge >= 0.3 is 0 Å². The largest absolute Gasteiger partial charge is 0.507 e. The molecule has 1 amide bonds. The van der Waals surface area contributed by atoms with Crippen LogP contribution >= 0.6 is 22.6 Å². The lowest BCUT2D eigenvalue weighted by molar-refractivity contribution is -0.139. The average molecular weight is 419 g/mol. The zero-order chi connectivity index (χ0) is 16.6. The molecule has 2 aromatic rings. The van der Waals surface area contributed by atoms with Gasteiger partial charge in [-0.15, -0.1) is 0 Å². The minimum absolute atomic E-state index is 0.130. The second-order valence-electron chi connectivity index (χ2n) is 5.33. The molecule has 0 spiro atoms. The number of nitrogens with zero attached hydrogens (tertiary/aromatic N) is 1. The first-order valence-electron chi connectivity index (χ1n) is 7.06. The molecule has 5 heteroatoms. The number of aliphatic hydroxyl groups is 1. The highest BCUT2D eigenvalue weighted by Gasteiger charge is 2.44. The zero-order valence-electron chi connectivity index (χ0n) is 12.4. The molecule has 1 N–H and O–H groups in total. The molecule has 1 fully saturated rings. The van der Waals surface area contributed by atoms with Crippen LogP contribution in [0.5, 0.6) is 0 Å². The number of halogens is 1. The van der Waals surface area contributed by atoms with E-state index in [2.05, 4.69) is 22.6 Å². The number of hydrogen-bond acceptors (Lipinski definition) is 3. The summed E-state index contributed by atoms with van der Waals surface area (Å²) in [7, 11) is 1.58. The fraction of sp³-hybridized carbons (Fsp3) is 0.111. The maximum atomic E-state index is 12.4. The van der Waals surface area contributed by atoms with E-state index in [1.807, 2.05) is 30.3 Å². The summed E-state index contributed by atoms with van der Waals surface area (Å²) in [5.41, 5.74) is 1.45. The SMILES string of the molecule is CN1C(=O)C(=O)C(=C(O)c2ccccc2)[C@H]1c1ccc(I)cc1. The highest BCUT2D eigenvalue weighted by atomic mass is 127. The molecule has 3 rings (SSSR count). The molecule has 0 unspecified atom stereocenters. The topological polar surface area (TPSA) is 57.6 Å². The lowest BCUT2D eigenvalue weighted by Gasteiger charge is -2.21. The van der Waals surface area contributed by atoms with Crippen LogP contribution in [-0.4, -0.2) is 28.7 Å². The number of ketones is 1. The molecule has 1 saturated heterocycles. The number of aliphatic hydroxyl groups excluding tert-OH is 1. The van der Waals surface area contributed by atoms with Crippen LogP contribution < -0.4 is 0 Å². The number of benzene rings is 2. The van der Waals surface area contributed by atoms with Gasteiger partial charge in [-0.05, 0) is 40.3 Å². The van der Waals surface area contributed by atoms with Crippen LogP contribution in [0.25, 0.3) is 5.76 Å². The molecule has 1 aliphatic rings. The molecule has 1 aliphatic heterocycles. The maximum Gasteiger partial charge on any atom is 0.295 e. The molecule has 23 heavy (non-hydrogen) atoms. The number of likely N-dealkylation sites (N-methyl/N-ethyl adjacent to an activating group) is 1. The molecule has 0 saturated carbocycles. The van der Waals surface area contributed by atoms with E-state index in [1.54, 1.807) is 31.3 Å². The summed E-state index contributed by atoms with van der Waals surface area (Å²) in [6.45, 7) is 0. The molecule has 0 radical (unpaired) electrons. The van der Waals surface area contributed by atoms with Gasteiger partial charge < -0.3 is 10.0 Å². The predicted molar refractivity (Wildman–Crippen MR) is 95.7 cm³/mol. The van der Waals surface area contributed by atoms with Crippen LogP contribution in [-0.2, 0) is 9.59 Å². The Hall–Kier alpha value is -2.15. The smallest absolute Gasteiger partial charge is 0.295 e. The lowest BCUT2D eigenvalue weighted by Crippen LogP contribution is -2.24. The van der Waals surface area contributed by atoms with E-state index in [4.69, 9.17) is 0 Å². The highest BCUT2D eigenvalue weighted by Crippen LogP contribution is 2.38. The standard InChI is InChI=1S/C18H14INO3/c1-20-15(11-7-9-13(19)10-8-11)14(17(22)18(20)23)16(21)12-5-3-2-4-6-12/h2-10,15,21H,1H3/t15-/m1/s1. The quantitative estimate of drug-likeness (QED) is 0.352. The summed E-state index contributed by atoms with van der Waals surface area (Å²) in [4.78, 5) is 25.9. The van der Waals surface area contributed by atoms with Gasteiger partial charge in [0.15, 0.2) is 0 Å². The number of Topliss-reactive ketones (excluding diaryl/α,β-unsaturated/α-hetero) is 1. The van der Waals surface area contributed by atoms with Crippen molar-refractivity contribution in [1.29, 1.82) is 0 Å². The first kappa shape index (κ1) is 15.7. The van der Waals surface area contributed by atoms with Crippen molar-refractivity contribution in [2.24, 2.45) is 0 Å². The summed E-state index contributed by atoms with van der Waals surface area (Å²) >= 11 is 2.19. The monoisotopic (exact) mass is 419 g/mol. The number of carbonyl (C=O) groups excluding carboxylic acids is 2. The first-order valence-corrected chi connectivity index (χ1v) is 8.14. The van der Waals surface area contributed by atoms with Gasteiger partial charge in [0.2, 0.25) is 0 Å². The summed E-state index contributed by atoms with van der Waals surface area (Å²) in [6, 6.07) is 15.8. The van der Waals surface area contributed by atoms with Crippen LogP contribution in [0.2, 0.25) is 0 Å². The van der Waals surface area contributed by atoms with Crippen LogP contribution in [0.1, 0.15) is 17.2 Å². The Kier molecular flexibility index (Phi) is 4.21. The Balaban J connectivity index is 2.17. The van der Waals surface area contributed by atoms with Crippen molar-refractivity contribution in [2.75, 3.05) is 7.05 Å². The van der Waals surface area contributed by atoms with Crippen molar-refractivity contribution in [1.82, 2.24) is 4.90 Å². The number of carbonyl (C=O) groups is 2. The van der Waals surface area contributed by atoms with Crippen molar-refractivity contribution in [3.63, 3.8) is 0 Å². The Morgan fingerprint density at radius 1 is 1.04 bits per heavy atom. The van der Waals surface area contributed by atoms with E-state index in [9.17, 15) is 14.7 Å². The second kappa shape index (κ2) is 6.16. The van der Waals surface area contributed by atoms with Gasteiger partial charge in [-0.1, -0.05) is 42.5 Å². The van der Waals surface area contributed by atoms with E-state index in [0.717, 1.165) is 9.13 Å². The van der Waals surface area contributed by atoms with Gasteiger partial charge in [0, 0.05) is 16.2 Å². The normalized spacial score (nSPS) is 20.1. The molecule has 0 aromatic heterocycles. The fourth-order valence-electron chi connectivity index (χ4n) is 2.73. The van der Waals surface area contributed by atoms with Crippen LogP contribution in [0, 0.1) is 3.57 Å². The van der Waals surface area contributed by atoms with Crippen molar-refractivity contribution >= 4 is 40.0 Å². The number of rotatable bonds is 2. The number of likely N-dealkylation sites (tertiary alicyclic amines) is 1. The van der Waals surface area contributed by atoms with Crippen molar-refractivity contribution < 1.29 is 14.7 Å². The zero-order valence-corrected chi connectivity index (χ0v) is 14.5. The Morgan fingerprint density at radius 3 is 2.26 bits per heavy atom. The molecule has 0 bridgehead atoms. The minimum atomic E-state index is -0.655. The Bertz CT molecular complexity index is 797. The molecule has 1 atom stereocenters. The summed E-state index contributed by atoms with van der Waals surface area (Å²) in [5.74, 6) is -1.40. The van der Waals surface area contributed by atoms with E-state index < -0.39 is 17.7 Å². The van der Waals surface area contributed by atoms with Gasteiger partial charge in [0.1, 0.15) is 5.76 Å². The molecular weight excluding hydrogens is 405 g/mol. The van der Waals surface area contributed by atoms with Crippen LogP contribution in [0.3, 0.4) is 0 Å². The molecular formula is C18H14INO3. The summed E-state index contributed by atoms with van der Waals surface area (Å²) < 4.78 is 1.06. The summed E-state index contributed by atoms with van der Waals surface area (Å²) in [6.07, 6.45) is 0. The van der Waals surface area contributed by atoms with Gasteiger partial charge in [-0.25, -0.2) is 0 Å². The van der Waals surface area contributed by atoms with E-state index >= 15 is 0 Å². The summed E-state index contributed by atoms with van der Waals surface area (Å²) in [5, 5.41) is 10.6. The third-order valence-electron chi connectivity index (χ3n) is 3.91. The van der Waals surface area contributed by atoms with Crippen molar-refractivity contribution in [3.8, 4) is 0 Å². The average Bonchev–Trinajstić information content (AvgIpc) is 2.80. The molecule has 2 aromatic carbocycles. The third kappa shape index (κ3) is 2.76. The van der Waals surface area contributed by atoms with Crippen molar-refractivity contribution in [3.05, 3.63) is 74.9 Å². The maximum absolute atomic E-state index is 12.4. The van der Waals surface area contributed by atoms with E-state index in [0.29, 0.717) is 5.56 Å². The lowest BCUT2D eigenvalue weighted by atomic mass is 9.95. The van der Waals surface area contributed by atoms with Crippen LogP contribution in [0.4, 0.5) is 0 Å². The van der Waals surface area contributed by atoms with Gasteiger partial charge in [0.25, 0.3) is 11.7 Å². The van der Waals surface area contributed by atoms with Gasteiger partial charge in [-0.2, -0.15) is 0 Å². The van der Waals surface area contributed by atoms with Crippen molar-refractivity contribution in [2.45, 2.75) is 6.04 Å². The number of amides is 1.